The molecule has 0 aliphatic rings. The number of hydrogen-bond acceptors (Lipinski definition) is 11. The van der Waals surface area contributed by atoms with Gasteiger partial charge in [-0.05, 0) is 39.7 Å². The Bertz CT molecular complexity index is 1500. The molecule has 3 heterocycles. The first-order valence-corrected chi connectivity index (χ1v) is 13.7. The summed E-state index contributed by atoms with van der Waals surface area (Å²) in [6.07, 6.45) is 7.33. The molecule has 0 saturated heterocycles. The molecule has 13 nitrogen and oxygen atoms in total. The number of rotatable bonds is 13. The lowest BCUT2D eigenvalue weighted by Gasteiger charge is -2.17. The number of methoxy groups -OCH3 is 1. The van der Waals surface area contributed by atoms with Crippen molar-refractivity contribution in [3.63, 3.8) is 0 Å². The Labute approximate surface area is 237 Å². The second kappa shape index (κ2) is 13.3. The maximum absolute atomic E-state index is 12.8. The molecule has 4 aromatic rings. The lowest BCUT2D eigenvalue weighted by Crippen LogP contribution is -2.30. The molecule has 0 saturated carbocycles. The van der Waals surface area contributed by atoms with Crippen LogP contribution in [0.25, 0.3) is 0 Å². The number of benzene rings is 1. The highest BCUT2D eigenvalue weighted by molar-refractivity contribution is 9.10. The Morgan fingerprint density at radius 2 is 1.82 bits per heavy atom. The third-order valence-corrected chi connectivity index (χ3v) is 6.40. The summed E-state index contributed by atoms with van der Waals surface area (Å²) in [5.41, 5.74) is 0.656. The minimum Gasteiger partial charge on any atom is -0.497 e. The summed E-state index contributed by atoms with van der Waals surface area (Å²) in [6, 6.07) is 8.30. The Balaban J connectivity index is 1.54. The zero-order valence-corrected chi connectivity index (χ0v) is 23.4. The summed E-state index contributed by atoms with van der Waals surface area (Å²) in [5, 5.41) is 0.227. The topological polar surface area (TPSA) is 160 Å². The number of hydrogen-bond donors (Lipinski definition) is 2. The van der Waals surface area contributed by atoms with Crippen LogP contribution in [0.2, 0.25) is 5.02 Å². The molecule has 4 rings (SSSR count). The molecule has 0 aliphatic carbocycles. The minimum absolute atomic E-state index is 0.00894. The SMILES string of the molecule is COc1ccc(Cl)c(Oc2c(NS(=O)(=O)NCc3cccnc3)ncnc2OCCOc2ncc(Br)cn2)c1. The molecule has 0 aliphatic heterocycles. The van der Waals surface area contributed by atoms with E-state index in [2.05, 4.69) is 50.3 Å². The molecule has 0 spiro atoms. The molecule has 0 bridgehead atoms. The van der Waals surface area contributed by atoms with E-state index in [1.54, 1.807) is 36.7 Å². The smallest absolute Gasteiger partial charge is 0.316 e. The van der Waals surface area contributed by atoms with Crippen LogP contribution >= 0.6 is 27.5 Å². The third-order valence-electron chi connectivity index (χ3n) is 4.69. The van der Waals surface area contributed by atoms with Gasteiger partial charge >= 0.3 is 16.2 Å². The zero-order valence-electron chi connectivity index (χ0n) is 20.2. The maximum atomic E-state index is 12.8. The van der Waals surface area contributed by atoms with Crippen molar-refractivity contribution in [2.75, 3.05) is 25.0 Å². The van der Waals surface area contributed by atoms with Crippen LogP contribution in [0.1, 0.15) is 5.56 Å². The fourth-order valence-corrected chi connectivity index (χ4v) is 4.10. The van der Waals surface area contributed by atoms with E-state index in [4.69, 9.17) is 30.5 Å². The summed E-state index contributed by atoms with van der Waals surface area (Å²) in [6.45, 7) is 0.0355. The van der Waals surface area contributed by atoms with Crippen molar-refractivity contribution in [3.05, 3.63) is 76.5 Å². The first kappa shape index (κ1) is 28.2. The average molecular weight is 639 g/mol. The number of halogens is 2. The summed E-state index contributed by atoms with van der Waals surface area (Å²) < 4.78 is 53.5. The lowest BCUT2D eigenvalue weighted by molar-refractivity contribution is 0.197. The van der Waals surface area contributed by atoms with Gasteiger partial charge in [0.05, 0.1) is 16.6 Å². The van der Waals surface area contributed by atoms with E-state index >= 15 is 0 Å². The number of nitrogens with zero attached hydrogens (tertiary/aromatic N) is 5. The molecule has 0 radical (unpaired) electrons. The van der Waals surface area contributed by atoms with Crippen LogP contribution in [-0.2, 0) is 16.8 Å². The van der Waals surface area contributed by atoms with Gasteiger partial charge in [-0.3, -0.25) is 9.71 Å². The van der Waals surface area contributed by atoms with Gasteiger partial charge in [-0.15, -0.1) is 0 Å². The Hall–Kier alpha value is -3.79. The van der Waals surface area contributed by atoms with E-state index < -0.39 is 10.2 Å². The van der Waals surface area contributed by atoms with Gasteiger partial charge in [0.25, 0.3) is 5.88 Å². The van der Waals surface area contributed by atoms with E-state index in [0.717, 1.165) is 6.33 Å². The second-order valence-electron chi connectivity index (χ2n) is 7.42. The van der Waals surface area contributed by atoms with Gasteiger partial charge in [0.15, 0.2) is 5.82 Å². The highest BCUT2D eigenvalue weighted by Gasteiger charge is 2.22. The van der Waals surface area contributed by atoms with Crippen LogP contribution in [0.3, 0.4) is 0 Å². The van der Waals surface area contributed by atoms with Crippen LogP contribution in [0.4, 0.5) is 5.82 Å². The lowest BCUT2D eigenvalue weighted by atomic mass is 10.3. The van der Waals surface area contributed by atoms with Gasteiger partial charge in [-0.2, -0.15) is 18.1 Å². The highest BCUT2D eigenvalue weighted by Crippen LogP contribution is 2.40. The molecular formula is C23H21BrClN7O6S. The molecule has 1 aromatic carbocycles. The second-order valence-corrected chi connectivity index (χ2v) is 10.2. The number of pyridine rings is 1. The Kier molecular flexibility index (Phi) is 9.64. The van der Waals surface area contributed by atoms with Crippen molar-refractivity contribution < 1.29 is 27.4 Å². The van der Waals surface area contributed by atoms with Crippen molar-refractivity contribution in [1.29, 1.82) is 0 Å². The fourth-order valence-electron chi connectivity index (χ4n) is 2.91. The van der Waals surface area contributed by atoms with Gasteiger partial charge in [0, 0.05) is 37.4 Å². The van der Waals surface area contributed by atoms with E-state index in [1.165, 1.54) is 25.6 Å². The minimum atomic E-state index is -4.11. The van der Waals surface area contributed by atoms with Gasteiger partial charge in [0.2, 0.25) is 5.75 Å². The molecule has 2 N–H and O–H groups in total. The largest absolute Gasteiger partial charge is 0.497 e. The highest BCUT2D eigenvalue weighted by atomic mass is 79.9. The van der Waals surface area contributed by atoms with Crippen molar-refractivity contribution >= 4 is 43.6 Å². The van der Waals surface area contributed by atoms with Crippen LogP contribution in [-0.4, -0.2) is 53.7 Å². The normalized spacial score (nSPS) is 11.1. The monoisotopic (exact) mass is 637 g/mol. The van der Waals surface area contributed by atoms with E-state index in [9.17, 15) is 8.42 Å². The molecule has 39 heavy (non-hydrogen) atoms. The Morgan fingerprint density at radius 1 is 1.03 bits per heavy atom. The number of ether oxygens (including phenoxy) is 4. The fraction of sp³-hybridized carbons (Fsp3) is 0.174. The molecular weight excluding hydrogens is 618 g/mol. The first-order chi connectivity index (χ1) is 18.8. The number of anilines is 1. The standard InChI is InChI=1S/C23H21BrClN7O6S/c1-35-17-4-5-18(25)19(9-17)38-20-21(32-39(33,34)31-11-15-3-2-6-26-10-15)29-14-30-22(20)36-7-8-37-23-27-12-16(24)13-28-23/h2-6,9-10,12-14,31H,7-8,11H2,1H3,(H,29,30,32). The summed E-state index contributed by atoms with van der Waals surface area (Å²) >= 11 is 9.56. The van der Waals surface area contributed by atoms with E-state index in [1.807, 2.05) is 0 Å². The van der Waals surface area contributed by atoms with Gasteiger partial charge in [0.1, 0.15) is 31.0 Å². The first-order valence-electron chi connectivity index (χ1n) is 11.1. The molecule has 0 unspecified atom stereocenters. The maximum Gasteiger partial charge on any atom is 0.316 e. The average Bonchev–Trinajstić information content (AvgIpc) is 2.94. The van der Waals surface area contributed by atoms with Gasteiger partial charge in [-0.25, -0.2) is 15.0 Å². The molecule has 0 fully saturated rings. The predicted octanol–water partition coefficient (Wildman–Crippen LogP) is 3.78. The van der Waals surface area contributed by atoms with Gasteiger partial charge < -0.3 is 18.9 Å². The predicted molar refractivity (Wildman–Crippen MR) is 144 cm³/mol. The van der Waals surface area contributed by atoms with Crippen molar-refractivity contribution in [2.24, 2.45) is 0 Å². The molecule has 0 atom stereocenters. The zero-order chi connectivity index (χ0) is 27.7. The van der Waals surface area contributed by atoms with E-state index in [0.29, 0.717) is 15.8 Å². The molecule has 204 valence electrons. The third kappa shape index (κ3) is 8.35. The van der Waals surface area contributed by atoms with Crippen LogP contribution in [0.5, 0.6) is 29.1 Å². The van der Waals surface area contributed by atoms with Gasteiger partial charge in [-0.1, -0.05) is 17.7 Å². The van der Waals surface area contributed by atoms with Crippen LogP contribution in [0.15, 0.2) is 65.9 Å². The van der Waals surface area contributed by atoms with Crippen LogP contribution < -0.4 is 28.4 Å². The van der Waals surface area contributed by atoms with Crippen molar-refractivity contribution in [3.8, 4) is 29.1 Å². The molecule has 0 amide bonds. The molecule has 16 heteroatoms. The quantitative estimate of drug-likeness (QED) is 0.205. The Morgan fingerprint density at radius 3 is 2.56 bits per heavy atom. The van der Waals surface area contributed by atoms with Crippen molar-refractivity contribution in [1.82, 2.24) is 29.6 Å². The van der Waals surface area contributed by atoms with Crippen molar-refractivity contribution in [2.45, 2.75) is 6.54 Å². The summed E-state index contributed by atoms with van der Waals surface area (Å²) in [5.74, 6) is 0.194. The van der Waals surface area contributed by atoms with E-state index in [-0.39, 0.29) is 54.0 Å². The van der Waals surface area contributed by atoms with Crippen LogP contribution in [0, 0.1) is 0 Å². The molecule has 3 aromatic heterocycles. The summed E-state index contributed by atoms with van der Waals surface area (Å²) in [7, 11) is -2.63. The number of nitrogens with one attached hydrogen (secondary N) is 2. The summed E-state index contributed by atoms with van der Waals surface area (Å²) in [4.78, 5) is 20.1. The number of aromatic nitrogens is 5.